The SMILES string of the molecule is CC(=O)c1cnc2nc(-c3ccncc3)nn2c1/C=C/N(C)C. The minimum absolute atomic E-state index is 0.0706. The highest BCUT2D eigenvalue weighted by atomic mass is 16.1. The third-order valence-electron chi connectivity index (χ3n) is 3.25. The van der Waals surface area contributed by atoms with Crippen LogP contribution in [0.15, 0.2) is 36.9 Å². The Hall–Kier alpha value is -3.09. The first kappa shape index (κ1) is 14.8. The monoisotopic (exact) mass is 308 g/mol. The van der Waals surface area contributed by atoms with Gasteiger partial charge in [-0.15, -0.1) is 5.10 Å². The molecule has 7 nitrogen and oxygen atoms in total. The summed E-state index contributed by atoms with van der Waals surface area (Å²) in [5.74, 6) is 0.916. The zero-order valence-corrected chi connectivity index (χ0v) is 13.1. The standard InChI is InChI=1S/C16H16N6O/c1-11(23)13-10-18-16-19-15(12-4-7-17-8-5-12)20-22(16)14(13)6-9-21(2)3/h4-10H,1-3H3/b9-6+. The van der Waals surface area contributed by atoms with Gasteiger partial charge in [-0.3, -0.25) is 9.78 Å². The highest BCUT2D eigenvalue weighted by Crippen LogP contribution is 2.18. The van der Waals surface area contributed by atoms with Crippen LogP contribution < -0.4 is 0 Å². The molecule has 3 rings (SSSR count). The van der Waals surface area contributed by atoms with E-state index in [-0.39, 0.29) is 5.78 Å². The van der Waals surface area contributed by atoms with Gasteiger partial charge in [0.1, 0.15) is 0 Å². The van der Waals surface area contributed by atoms with Gasteiger partial charge < -0.3 is 4.90 Å². The third-order valence-corrected chi connectivity index (χ3v) is 3.25. The van der Waals surface area contributed by atoms with Crippen LogP contribution in [0.4, 0.5) is 0 Å². The first-order chi connectivity index (χ1) is 11.1. The Bertz CT molecular complexity index is 882. The Balaban J connectivity index is 2.21. The molecule has 3 aromatic rings. The van der Waals surface area contributed by atoms with Crippen LogP contribution in [0.3, 0.4) is 0 Å². The summed E-state index contributed by atoms with van der Waals surface area (Å²) in [6.07, 6.45) is 8.59. The number of ketones is 1. The molecule has 0 unspecified atom stereocenters. The van der Waals surface area contributed by atoms with E-state index in [9.17, 15) is 4.79 Å². The van der Waals surface area contributed by atoms with Crippen molar-refractivity contribution in [3.63, 3.8) is 0 Å². The normalized spacial score (nSPS) is 11.3. The first-order valence-electron chi connectivity index (χ1n) is 7.08. The fourth-order valence-electron chi connectivity index (χ4n) is 2.13. The van der Waals surface area contributed by atoms with E-state index in [0.29, 0.717) is 22.9 Å². The fraction of sp³-hybridized carbons (Fsp3) is 0.188. The number of hydrogen-bond acceptors (Lipinski definition) is 6. The van der Waals surface area contributed by atoms with Gasteiger partial charge in [-0.1, -0.05) is 0 Å². The van der Waals surface area contributed by atoms with Gasteiger partial charge in [0.15, 0.2) is 11.6 Å². The predicted molar refractivity (Wildman–Crippen MR) is 86.7 cm³/mol. The second-order valence-electron chi connectivity index (χ2n) is 5.28. The van der Waals surface area contributed by atoms with Crippen LogP contribution in [0.2, 0.25) is 0 Å². The van der Waals surface area contributed by atoms with Crippen LogP contribution >= 0.6 is 0 Å². The number of nitrogens with zero attached hydrogens (tertiary/aromatic N) is 6. The van der Waals surface area contributed by atoms with Crippen molar-refractivity contribution < 1.29 is 4.79 Å². The number of aromatic nitrogens is 5. The Morgan fingerprint density at radius 2 is 2.00 bits per heavy atom. The summed E-state index contributed by atoms with van der Waals surface area (Å²) in [5, 5.41) is 4.50. The van der Waals surface area contributed by atoms with Crippen molar-refractivity contribution in [3.8, 4) is 11.4 Å². The van der Waals surface area contributed by atoms with Crippen LogP contribution in [-0.4, -0.2) is 49.3 Å². The molecular formula is C16H16N6O. The summed E-state index contributed by atoms with van der Waals surface area (Å²) in [6, 6.07) is 3.66. The van der Waals surface area contributed by atoms with Crippen LogP contribution in [-0.2, 0) is 0 Å². The largest absolute Gasteiger partial charge is 0.383 e. The van der Waals surface area contributed by atoms with E-state index < -0.39 is 0 Å². The zero-order valence-electron chi connectivity index (χ0n) is 13.1. The molecule has 0 radical (unpaired) electrons. The number of carbonyl (C=O) groups excluding carboxylic acids is 1. The van der Waals surface area contributed by atoms with Crippen LogP contribution in [0.25, 0.3) is 23.2 Å². The van der Waals surface area contributed by atoms with Crippen molar-refractivity contribution in [1.29, 1.82) is 0 Å². The average Bonchev–Trinajstić information content (AvgIpc) is 2.97. The summed E-state index contributed by atoms with van der Waals surface area (Å²) in [6.45, 7) is 1.51. The molecule has 0 amide bonds. The number of pyridine rings is 1. The molecule has 0 saturated heterocycles. The van der Waals surface area contributed by atoms with E-state index in [2.05, 4.69) is 20.1 Å². The molecule has 0 aliphatic heterocycles. The van der Waals surface area contributed by atoms with E-state index >= 15 is 0 Å². The van der Waals surface area contributed by atoms with Crippen molar-refractivity contribution in [1.82, 2.24) is 29.5 Å². The van der Waals surface area contributed by atoms with Crippen molar-refractivity contribution in [2.45, 2.75) is 6.92 Å². The molecule has 0 fully saturated rings. The van der Waals surface area contributed by atoms with E-state index in [1.807, 2.05) is 43.4 Å². The quantitative estimate of drug-likeness (QED) is 0.685. The van der Waals surface area contributed by atoms with Crippen molar-refractivity contribution >= 4 is 17.6 Å². The summed E-state index contributed by atoms with van der Waals surface area (Å²) in [4.78, 5) is 26.4. The van der Waals surface area contributed by atoms with Crippen molar-refractivity contribution in [3.05, 3.63) is 48.2 Å². The van der Waals surface area contributed by atoms with Crippen LogP contribution in [0.1, 0.15) is 23.0 Å². The number of hydrogen-bond donors (Lipinski definition) is 0. The summed E-state index contributed by atoms with van der Waals surface area (Å²) in [7, 11) is 3.82. The van der Waals surface area contributed by atoms with E-state index in [4.69, 9.17) is 0 Å². The molecule has 0 bridgehead atoms. The minimum Gasteiger partial charge on any atom is -0.383 e. The molecule has 0 aromatic carbocycles. The molecule has 3 heterocycles. The summed E-state index contributed by atoms with van der Waals surface area (Å²) < 4.78 is 1.59. The molecule has 23 heavy (non-hydrogen) atoms. The second kappa shape index (κ2) is 5.96. The van der Waals surface area contributed by atoms with Crippen LogP contribution in [0.5, 0.6) is 0 Å². The van der Waals surface area contributed by atoms with Crippen LogP contribution in [0, 0.1) is 0 Å². The zero-order chi connectivity index (χ0) is 16.4. The van der Waals surface area contributed by atoms with E-state index in [1.54, 1.807) is 16.9 Å². The lowest BCUT2D eigenvalue weighted by molar-refractivity contribution is 0.101. The highest BCUT2D eigenvalue weighted by Gasteiger charge is 2.15. The summed E-state index contributed by atoms with van der Waals surface area (Å²) in [5.41, 5.74) is 2.00. The Morgan fingerprint density at radius 3 is 2.65 bits per heavy atom. The fourth-order valence-corrected chi connectivity index (χ4v) is 2.13. The van der Waals surface area contributed by atoms with E-state index in [0.717, 1.165) is 5.56 Å². The Kier molecular flexibility index (Phi) is 3.84. The van der Waals surface area contributed by atoms with Gasteiger partial charge in [0.25, 0.3) is 5.78 Å². The molecule has 0 aliphatic rings. The van der Waals surface area contributed by atoms with Gasteiger partial charge in [0.2, 0.25) is 0 Å². The van der Waals surface area contributed by atoms with E-state index in [1.165, 1.54) is 13.1 Å². The van der Waals surface area contributed by atoms with Gasteiger partial charge in [-0.25, -0.2) is 4.98 Å². The minimum atomic E-state index is -0.0706. The lowest BCUT2D eigenvalue weighted by Crippen LogP contribution is -2.07. The van der Waals surface area contributed by atoms with Gasteiger partial charge in [0, 0.05) is 44.4 Å². The maximum absolute atomic E-state index is 11.9. The summed E-state index contributed by atoms with van der Waals surface area (Å²) >= 11 is 0. The number of carbonyl (C=O) groups is 1. The number of Topliss-reactive ketones (excluding diaryl/α,β-unsaturated/α-hetero) is 1. The lowest BCUT2D eigenvalue weighted by Gasteiger charge is -2.06. The molecular weight excluding hydrogens is 292 g/mol. The van der Waals surface area contributed by atoms with Crippen molar-refractivity contribution in [2.24, 2.45) is 0 Å². The topological polar surface area (TPSA) is 76.3 Å². The Labute approximate surface area is 133 Å². The molecule has 3 aromatic heterocycles. The smallest absolute Gasteiger partial charge is 0.253 e. The van der Waals surface area contributed by atoms with Crippen molar-refractivity contribution in [2.75, 3.05) is 14.1 Å². The van der Waals surface area contributed by atoms with Gasteiger partial charge in [0.05, 0.1) is 11.3 Å². The number of fused-ring (bicyclic) bond motifs is 1. The third kappa shape index (κ3) is 2.94. The van der Waals surface area contributed by atoms with Gasteiger partial charge >= 0.3 is 0 Å². The molecule has 0 spiro atoms. The number of rotatable bonds is 4. The molecule has 0 N–H and O–H groups in total. The lowest BCUT2D eigenvalue weighted by atomic mass is 10.1. The molecule has 0 aliphatic carbocycles. The molecule has 0 saturated carbocycles. The molecule has 7 heteroatoms. The highest BCUT2D eigenvalue weighted by molar-refractivity contribution is 5.97. The maximum atomic E-state index is 11.9. The van der Waals surface area contributed by atoms with Gasteiger partial charge in [-0.2, -0.15) is 9.50 Å². The predicted octanol–water partition coefficient (Wildman–Crippen LogP) is 1.92. The average molecular weight is 308 g/mol. The second-order valence-corrected chi connectivity index (χ2v) is 5.28. The Morgan fingerprint density at radius 1 is 1.26 bits per heavy atom. The van der Waals surface area contributed by atoms with Gasteiger partial charge in [-0.05, 0) is 25.1 Å². The maximum Gasteiger partial charge on any atom is 0.253 e. The first-order valence-corrected chi connectivity index (χ1v) is 7.08. The molecule has 116 valence electrons. The molecule has 0 atom stereocenters.